The molecule has 5 heteroatoms. The monoisotopic (exact) mass is 282 g/mol. The van der Waals surface area contributed by atoms with Crippen LogP contribution in [0.4, 0.5) is 0 Å². The van der Waals surface area contributed by atoms with Crippen molar-refractivity contribution in [3.63, 3.8) is 0 Å². The zero-order valence-electron chi connectivity index (χ0n) is 13.8. The molecule has 0 fully saturated rings. The Morgan fingerprint density at radius 2 is 2.10 bits per heavy atom. The minimum Gasteiger partial charge on any atom is -0.379 e. The van der Waals surface area contributed by atoms with E-state index in [1.54, 1.807) is 13.4 Å². The maximum atomic E-state index is 5.56. The van der Waals surface area contributed by atoms with Gasteiger partial charge in [0.05, 0.1) is 5.60 Å². The summed E-state index contributed by atoms with van der Waals surface area (Å²) in [7, 11) is 1.77. The van der Waals surface area contributed by atoms with E-state index in [-0.39, 0.29) is 5.60 Å². The predicted molar refractivity (Wildman–Crippen MR) is 81.9 cm³/mol. The number of methoxy groups -OCH3 is 1. The number of hydrogen-bond donors (Lipinski definition) is 1. The molecule has 0 radical (unpaired) electrons. The third-order valence-corrected chi connectivity index (χ3v) is 3.54. The van der Waals surface area contributed by atoms with E-state index in [0.29, 0.717) is 12.1 Å². The van der Waals surface area contributed by atoms with Gasteiger partial charge in [-0.25, -0.2) is 9.67 Å². The van der Waals surface area contributed by atoms with Gasteiger partial charge in [-0.3, -0.25) is 0 Å². The molecule has 1 rings (SSSR count). The third-order valence-electron chi connectivity index (χ3n) is 3.54. The Bertz CT molecular complexity index is 387. The molecule has 0 spiro atoms. The largest absolute Gasteiger partial charge is 0.379 e. The number of hydrogen-bond acceptors (Lipinski definition) is 4. The van der Waals surface area contributed by atoms with E-state index in [4.69, 9.17) is 4.74 Å². The van der Waals surface area contributed by atoms with Crippen LogP contribution in [0.3, 0.4) is 0 Å². The van der Waals surface area contributed by atoms with Gasteiger partial charge in [0.25, 0.3) is 0 Å². The zero-order chi connectivity index (χ0) is 15.2. The SMILES string of the molecule is CCCNC(Cc1ncnn1C(C)C)CC(C)(C)OC. The Balaban J connectivity index is 2.75. The average Bonchev–Trinajstić information content (AvgIpc) is 2.84. The summed E-state index contributed by atoms with van der Waals surface area (Å²) in [5.41, 5.74) is -0.131. The van der Waals surface area contributed by atoms with Gasteiger partial charge in [-0.15, -0.1) is 0 Å². The van der Waals surface area contributed by atoms with Gasteiger partial charge in [0.1, 0.15) is 12.2 Å². The molecule has 5 nitrogen and oxygen atoms in total. The molecule has 0 bridgehead atoms. The minimum absolute atomic E-state index is 0.131. The Morgan fingerprint density at radius 1 is 1.40 bits per heavy atom. The van der Waals surface area contributed by atoms with Gasteiger partial charge in [-0.05, 0) is 47.1 Å². The van der Waals surface area contributed by atoms with E-state index in [0.717, 1.165) is 31.6 Å². The highest BCUT2D eigenvalue weighted by atomic mass is 16.5. The van der Waals surface area contributed by atoms with Crippen molar-refractivity contribution in [2.24, 2.45) is 0 Å². The highest BCUT2D eigenvalue weighted by Gasteiger charge is 2.24. The van der Waals surface area contributed by atoms with E-state index in [2.05, 4.69) is 50.0 Å². The molecular weight excluding hydrogens is 252 g/mol. The van der Waals surface area contributed by atoms with Gasteiger partial charge in [-0.1, -0.05) is 6.92 Å². The molecule has 0 amide bonds. The fourth-order valence-corrected chi connectivity index (χ4v) is 2.31. The molecule has 1 aromatic rings. The molecule has 0 saturated heterocycles. The number of aromatic nitrogens is 3. The number of rotatable bonds is 9. The van der Waals surface area contributed by atoms with Crippen LogP contribution < -0.4 is 5.32 Å². The second-order valence-electron chi connectivity index (χ2n) is 6.24. The second-order valence-corrected chi connectivity index (χ2v) is 6.24. The summed E-state index contributed by atoms with van der Waals surface area (Å²) < 4.78 is 7.56. The van der Waals surface area contributed by atoms with Gasteiger partial charge >= 0.3 is 0 Å². The highest BCUT2D eigenvalue weighted by molar-refractivity contribution is 4.93. The molecule has 0 saturated carbocycles. The van der Waals surface area contributed by atoms with Crippen molar-refractivity contribution >= 4 is 0 Å². The van der Waals surface area contributed by atoms with Crippen LogP contribution in [0.25, 0.3) is 0 Å². The minimum atomic E-state index is -0.131. The number of nitrogens with one attached hydrogen (secondary N) is 1. The van der Waals surface area contributed by atoms with E-state index in [1.807, 2.05) is 4.68 Å². The molecule has 20 heavy (non-hydrogen) atoms. The smallest absolute Gasteiger partial charge is 0.138 e. The van der Waals surface area contributed by atoms with Crippen molar-refractivity contribution < 1.29 is 4.74 Å². The molecule has 0 aromatic carbocycles. The van der Waals surface area contributed by atoms with Gasteiger partial charge in [0.15, 0.2) is 0 Å². The Hall–Kier alpha value is -0.940. The van der Waals surface area contributed by atoms with Crippen LogP contribution >= 0.6 is 0 Å². The Labute approximate surface area is 123 Å². The van der Waals surface area contributed by atoms with Crippen molar-refractivity contribution in [3.05, 3.63) is 12.2 Å². The van der Waals surface area contributed by atoms with Crippen LogP contribution in [0.15, 0.2) is 6.33 Å². The molecular formula is C15H30N4O. The zero-order valence-corrected chi connectivity index (χ0v) is 13.8. The van der Waals surface area contributed by atoms with Crippen molar-refractivity contribution in [1.82, 2.24) is 20.1 Å². The van der Waals surface area contributed by atoms with Gasteiger partial charge < -0.3 is 10.1 Å². The lowest BCUT2D eigenvalue weighted by molar-refractivity contribution is 0.00690. The summed E-state index contributed by atoms with van der Waals surface area (Å²) >= 11 is 0. The Kier molecular flexibility index (Phi) is 6.62. The molecule has 0 aliphatic rings. The normalized spacial score (nSPS) is 13.9. The third kappa shape index (κ3) is 5.21. The fourth-order valence-electron chi connectivity index (χ4n) is 2.31. The highest BCUT2D eigenvalue weighted by Crippen LogP contribution is 2.18. The first-order chi connectivity index (χ1) is 9.39. The first kappa shape index (κ1) is 17.1. The molecule has 0 aliphatic carbocycles. The van der Waals surface area contributed by atoms with Gasteiger partial charge in [0, 0.05) is 25.6 Å². The molecule has 116 valence electrons. The maximum absolute atomic E-state index is 5.56. The summed E-state index contributed by atoms with van der Waals surface area (Å²) in [6.07, 6.45) is 4.61. The van der Waals surface area contributed by atoms with E-state index >= 15 is 0 Å². The van der Waals surface area contributed by atoms with Crippen LogP contribution in [0.1, 0.15) is 59.3 Å². The lowest BCUT2D eigenvalue weighted by Crippen LogP contribution is -2.40. The summed E-state index contributed by atoms with van der Waals surface area (Å²) in [4.78, 5) is 4.41. The van der Waals surface area contributed by atoms with Crippen LogP contribution in [-0.2, 0) is 11.2 Å². The van der Waals surface area contributed by atoms with Crippen molar-refractivity contribution in [2.75, 3.05) is 13.7 Å². The first-order valence-electron chi connectivity index (χ1n) is 7.56. The lowest BCUT2D eigenvalue weighted by atomic mass is 9.96. The summed E-state index contributed by atoms with van der Waals surface area (Å²) in [5.74, 6) is 1.04. The lowest BCUT2D eigenvalue weighted by Gasteiger charge is -2.29. The molecule has 1 atom stereocenters. The fraction of sp³-hybridized carbons (Fsp3) is 0.867. The average molecular weight is 282 g/mol. The van der Waals surface area contributed by atoms with Gasteiger partial charge in [0.2, 0.25) is 0 Å². The summed E-state index contributed by atoms with van der Waals surface area (Å²) in [5, 5.41) is 7.92. The first-order valence-corrected chi connectivity index (χ1v) is 7.56. The van der Waals surface area contributed by atoms with E-state index in [1.165, 1.54) is 0 Å². The standard InChI is InChI=1S/C15H30N4O/c1-7-8-16-13(10-15(4,5)20-6)9-14-17-11-18-19(14)12(2)3/h11-13,16H,7-10H2,1-6H3. The summed E-state index contributed by atoms with van der Waals surface area (Å²) in [6.45, 7) is 11.7. The maximum Gasteiger partial charge on any atom is 0.138 e. The van der Waals surface area contributed by atoms with Gasteiger partial charge in [-0.2, -0.15) is 5.10 Å². The predicted octanol–water partition coefficient (Wildman–Crippen LogP) is 2.58. The second kappa shape index (κ2) is 7.74. The molecule has 0 aliphatic heterocycles. The molecule has 1 unspecified atom stereocenters. The molecule has 1 heterocycles. The Morgan fingerprint density at radius 3 is 2.65 bits per heavy atom. The molecule has 1 aromatic heterocycles. The van der Waals surface area contributed by atoms with Crippen molar-refractivity contribution in [2.45, 2.75) is 71.6 Å². The number of nitrogens with zero attached hydrogens (tertiary/aromatic N) is 3. The van der Waals surface area contributed by atoms with E-state index in [9.17, 15) is 0 Å². The number of ether oxygens (including phenoxy) is 1. The van der Waals surface area contributed by atoms with Crippen molar-refractivity contribution in [1.29, 1.82) is 0 Å². The molecule has 1 N–H and O–H groups in total. The topological polar surface area (TPSA) is 52.0 Å². The summed E-state index contributed by atoms with van der Waals surface area (Å²) in [6, 6.07) is 0.696. The van der Waals surface area contributed by atoms with Crippen LogP contribution in [0.2, 0.25) is 0 Å². The van der Waals surface area contributed by atoms with Crippen LogP contribution in [-0.4, -0.2) is 40.1 Å². The van der Waals surface area contributed by atoms with Crippen molar-refractivity contribution in [3.8, 4) is 0 Å². The quantitative estimate of drug-likeness (QED) is 0.756. The van der Waals surface area contributed by atoms with E-state index < -0.39 is 0 Å². The van der Waals surface area contributed by atoms with Crippen LogP contribution in [0.5, 0.6) is 0 Å². The van der Waals surface area contributed by atoms with Crippen LogP contribution in [0, 0.1) is 0 Å².